The first kappa shape index (κ1) is 12.5. The van der Waals surface area contributed by atoms with Gasteiger partial charge in [-0.25, -0.2) is 8.42 Å². The minimum Gasteiger partial charge on any atom is -0.398 e. The van der Waals surface area contributed by atoms with Crippen molar-refractivity contribution in [1.29, 1.82) is 10.5 Å². The fraction of sp³-hybridized carbons (Fsp3) is 0.250. The van der Waals surface area contributed by atoms with Gasteiger partial charge in [-0.05, 0) is 6.07 Å². The largest absolute Gasteiger partial charge is 0.398 e. The van der Waals surface area contributed by atoms with Gasteiger partial charge in [-0.2, -0.15) is 14.8 Å². The highest BCUT2D eigenvalue weighted by Gasteiger charge is 2.25. The molecule has 0 fully saturated rings. The molecule has 84 valence electrons. The Morgan fingerprint density at radius 1 is 1.38 bits per heavy atom. The van der Waals surface area contributed by atoms with Crippen LogP contribution in [0.3, 0.4) is 0 Å². The lowest BCUT2D eigenvalue weighted by molar-refractivity contribution is 0.481. The third kappa shape index (κ3) is 2.49. The van der Waals surface area contributed by atoms with Crippen LogP contribution in [0.1, 0.15) is 0 Å². The normalized spacial score (nSPS) is 10.9. The van der Waals surface area contributed by atoms with Crippen LogP contribution in [0.15, 0.2) is 15.7 Å². The van der Waals surface area contributed by atoms with Crippen molar-refractivity contribution in [1.82, 2.24) is 4.31 Å². The van der Waals surface area contributed by atoms with E-state index in [1.807, 2.05) is 0 Å². The smallest absolute Gasteiger partial charge is 0.254 e. The number of anilines is 1. The summed E-state index contributed by atoms with van der Waals surface area (Å²) in [6, 6.07) is 4.72. The summed E-state index contributed by atoms with van der Waals surface area (Å²) in [7, 11) is -3.78. The Kier molecular flexibility index (Phi) is 3.85. The predicted molar refractivity (Wildman–Crippen MR) is 58.7 cm³/mol. The Hall–Kier alpha value is -1.61. The molecule has 0 spiro atoms. The fourth-order valence-electron chi connectivity index (χ4n) is 0.976. The molecule has 0 aliphatic rings. The number of nitrogens with two attached hydrogens (primary N) is 1. The van der Waals surface area contributed by atoms with E-state index in [0.717, 1.165) is 15.6 Å². The maximum Gasteiger partial charge on any atom is 0.254 e. The Bertz CT molecular complexity index is 533. The van der Waals surface area contributed by atoms with Crippen molar-refractivity contribution in [3.63, 3.8) is 0 Å². The molecular formula is C8H8N4O2S2. The Labute approximate surface area is 97.2 Å². The third-order valence-corrected chi connectivity index (χ3v) is 4.91. The maximum atomic E-state index is 11.9. The molecule has 0 saturated carbocycles. The summed E-state index contributed by atoms with van der Waals surface area (Å²) in [4.78, 5) is 0. The number of hydrogen-bond donors (Lipinski definition) is 1. The monoisotopic (exact) mass is 256 g/mol. The standard InChI is InChI=1S/C8H8N4O2S2/c9-1-3-12(4-2-10)16(13,14)8-5-7(11)6-15-8/h5-6H,3-4,11H2. The minimum absolute atomic E-state index is 0.0375. The van der Waals surface area contributed by atoms with Gasteiger partial charge in [0, 0.05) is 11.1 Å². The zero-order valence-electron chi connectivity index (χ0n) is 8.12. The summed E-state index contributed by atoms with van der Waals surface area (Å²) in [5.41, 5.74) is 5.77. The van der Waals surface area contributed by atoms with Gasteiger partial charge in [0.25, 0.3) is 10.0 Å². The van der Waals surface area contributed by atoms with Gasteiger partial charge in [-0.1, -0.05) is 0 Å². The van der Waals surface area contributed by atoms with Crippen LogP contribution in [0.4, 0.5) is 5.69 Å². The molecule has 1 heterocycles. The molecule has 16 heavy (non-hydrogen) atoms. The number of sulfonamides is 1. The van der Waals surface area contributed by atoms with Gasteiger partial charge < -0.3 is 5.73 Å². The van der Waals surface area contributed by atoms with Crippen LogP contribution in [0.2, 0.25) is 0 Å². The average molecular weight is 256 g/mol. The second-order valence-corrected chi connectivity index (χ2v) is 5.86. The first-order valence-electron chi connectivity index (χ1n) is 4.10. The zero-order valence-corrected chi connectivity index (χ0v) is 9.75. The van der Waals surface area contributed by atoms with E-state index in [1.54, 1.807) is 12.1 Å². The van der Waals surface area contributed by atoms with Gasteiger partial charge in [0.15, 0.2) is 0 Å². The molecule has 1 aromatic rings. The summed E-state index contributed by atoms with van der Waals surface area (Å²) >= 11 is 0.963. The third-order valence-electron chi connectivity index (χ3n) is 1.68. The molecule has 0 amide bonds. The maximum absolute atomic E-state index is 11.9. The van der Waals surface area contributed by atoms with Crippen molar-refractivity contribution in [2.75, 3.05) is 18.8 Å². The van der Waals surface area contributed by atoms with Gasteiger partial charge in [0.1, 0.15) is 17.3 Å². The Balaban J connectivity index is 3.09. The van der Waals surface area contributed by atoms with Crippen molar-refractivity contribution >= 4 is 27.0 Å². The molecule has 0 aromatic carbocycles. The lowest BCUT2D eigenvalue weighted by Gasteiger charge is -2.13. The molecule has 2 N–H and O–H groups in total. The molecule has 6 nitrogen and oxygen atoms in total. The molecular weight excluding hydrogens is 248 g/mol. The molecule has 0 radical (unpaired) electrons. The Morgan fingerprint density at radius 2 is 1.94 bits per heavy atom. The summed E-state index contributed by atoms with van der Waals surface area (Å²) in [5, 5.41) is 18.5. The molecule has 1 aromatic heterocycles. The van der Waals surface area contributed by atoms with E-state index < -0.39 is 10.0 Å². The van der Waals surface area contributed by atoms with Crippen molar-refractivity contribution < 1.29 is 8.42 Å². The van der Waals surface area contributed by atoms with Crippen molar-refractivity contribution in [3.05, 3.63) is 11.4 Å². The quantitative estimate of drug-likeness (QED) is 0.782. The van der Waals surface area contributed by atoms with Gasteiger partial charge in [0.2, 0.25) is 0 Å². The van der Waals surface area contributed by atoms with E-state index >= 15 is 0 Å². The average Bonchev–Trinajstić information content (AvgIpc) is 2.65. The molecule has 0 aliphatic heterocycles. The van der Waals surface area contributed by atoms with Crippen molar-refractivity contribution in [2.24, 2.45) is 0 Å². The highest BCUT2D eigenvalue weighted by molar-refractivity contribution is 7.91. The van der Waals surface area contributed by atoms with Crippen LogP contribution in [0.25, 0.3) is 0 Å². The van der Waals surface area contributed by atoms with Crippen molar-refractivity contribution in [2.45, 2.75) is 4.21 Å². The number of hydrogen-bond acceptors (Lipinski definition) is 6. The second-order valence-electron chi connectivity index (χ2n) is 2.79. The molecule has 1 rings (SSSR count). The summed E-state index contributed by atoms with van der Waals surface area (Å²) in [6.07, 6.45) is 0. The Morgan fingerprint density at radius 3 is 2.31 bits per heavy atom. The zero-order chi connectivity index (χ0) is 12.2. The minimum atomic E-state index is -3.78. The van der Waals surface area contributed by atoms with Crippen LogP contribution in [-0.2, 0) is 10.0 Å². The van der Waals surface area contributed by atoms with E-state index in [9.17, 15) is 8.42 Å². The highest BCUT2D eigenvalue weighted by Crippen LogP contribution is 2.24. The summed E-state index contributed by atoms with van der Waals surface area (Å²) < 4.78 is 24.6. The molecule has 0 saturated heterocycles. The van der Waals surface area contributed by atoms with E-state index in [4.69, 9.17) is 16.3 Å². The molecule has 0 bridgehead atoms. The number of nitrogens with zero attached hydrogens (tertiary/aromatic N) is 3. The first-order chi connectivity index (χ1) is 7.52. The van der Waals surface area contributed by atoms with E-state index in [-0.39, 0.29) is 17.3 Å². The highest BCUT2D eigenvalue weighted by atomic mass is 32.2. The van der Waals surface area contributed by atoms with E-state index in [1.165, 1.54) is 11.4 Å². The number of rotatable bonds is 4. The van der Waals surface area contributed by atoms with Crippen LogP contribution in [0, 0.1) is 22.7 Å². The molecule has 0 aliphatic carbocycles. The molecule has 0 atom stereocenters. The van der Waals surface area contributed by atoms with Gasteiger partial charge in [-0.15, -0.1) is 11.3 Å². The predicted octanol–water partition coefficient (Wildman–Crippen LogP) is 0.368. The van der Waals surface area contributed by atoms with Crippen LogP contribution >= 0.6 is 11.3 Å². The lowest BCUT2D eigenvalue weighted by Crippen LogP contribution is -2.31. The molecule has 8 heteroatoms. The summed E-state index contributed by atoms with van der Waals surface area (Å²) in [6.45, 7) is -0.707. The fourth-order valence-corrected chi connectivity index (χ4v) is 3.44. The van der Waals surface area contributed by atoms with Gasteiger partial charge in [0.05, 0.1) is 12.1 Å². The van der Waals surface area contributed by atoms with Gasteiger partial charge in [-0.3, -0.25) is 0 Å². The van der Waals surface area contributed by atoms with Crippen molar-refractivity contribution in [3.8, 4) is 12.1 Å². The van der Waals surface area contributed by atoms with Gasteiger partial charge >= 0.3 is 0 Å². The van der Waals surface area contributed by atoms with E-state index in [2.05, 4.69) is 0 Å². The summed E-state index contributed by atoms with van der Waals surface area (Å²) in [5.74, 6) is 0. The van der Waals surface area contributed by atoms with Crippen LogP contribution in [0.5, 0.6) is 0 Å². The van der Waals surface area contributed by atoms with Crippen LogP contribution < -0.4 is 5.73 Å². The topological polar surface area (TPSA) is 111 Å². The first-order valence-corrected chi connectivity index (χ1v) is 6.42. The van der Waals surface area contributed by atoms with E-state index in [0.29, 0.717) is 5.69 Å². The lowest BCUT2D eigenvalue weighted by atomic mass is 10.6. The number of nitrogen functional groups attached to an aromatic ring is 1. The van der Waals surface area contributed by atoms with Crippen LogP contribution in [-0.4, -0.2) is 25.8 Å². The SMILES string of the molecule is N#CCN(CC#N)S(=O)(=O)c1cc(N)cs1. The number of thiophene rings is 1. The second kappa shape index (κ2) is 4.94. The number of nitriles is 2. The molecule has 0 unspecified atom stereocenters.